The predicted octanol–water partition coefficient (Wildman–Crippen LogP) is 4.77. The SMILES string of the molecule is O=C(N[C@@H](COCCNC1C[C@H]1c1ccc(F)cc1)C(=O)N1CCCCC1)c1ccc(-c2ccccc2)cc1. The minimum atomic E-state index is -0.739. The van der Waals surface area contributed by atoms with Crippen LogP contribution in [-0.2, 0) is 9.53 Å². The van der Waals surface area contributed by atoms with Crippen LogP contribution in [0.25, 0.3) is 11.1 Å². The molecule has 2 N–H and O–H groups in total. The van der Waals surface area contributed by atoms with Gasteiger partial charge in [-0.1, -0.05) is 54.6 Å². The summed E-state index contributed by atoms with van der Waals surface area (Å²) in [4.78, 5) is 28.2. The molecule has 5 rings (SSSR count). The molecule has 1 aliphatic carbocycles. The van der Waals surface area contributed by atoms with E-state index in [1.807, 2.05) is 59.5 Å². The molecule has 1 aliphatic heterocycles. The highest BCUT2D eigenvalue weighted by atomic mass is 19.1. The summed E-state index contributed by atoms with van der Waals surface area (Å²) < 4.78 is 19.0. The van der Waals surface area contributed by atoms with Gasteiger partial charge in [0.2, 0.25) is 5.91 Å². The second-order valence-corrected chi connectivity index (χ2v) is 10.4. The van der Waals surface area contributed by atoms with E-state index in [0.29, 0.717) is 43.8 Å². The van der Waals surface area contributed by atoms with Crippen molar-refractivity contribution < 1.29 is 18.7 Å². The number of carbonyl (C=O) groups is 2. The summed E-state index contributed by atoms with van der Waals surface area (Å²) in [6.45, 7) is 2.62. The number of amides is 2. The minimum absolute atomic E-state index is 0.0875. The number of carbonyl (C=O) groups excluding carboxylic acids is 2. The van der Waals surface area contributed by atoms with Gasteiger partial charge >= 0.3 is 0 Å². The topological polar surface area (TPSA) is 70.7 Å². The first-order valence-electron chi connectivity index (χ1n) is 13.9. The van der Waals surface area contributed by atoms with Crippen molar-refractivity contribution in [3.05, 3.63) is 95.8 Å². The highest BCUT2D eigenvalue weighted by molar-refractivity contribution is 5.98. The zero-order chi connectivity index (χ0) is 27.0. The predicted molar refractivity (Wildman–Crippen MR) is 150 cm³/mol. The third-order valence-electron chi connectivity index (χ3n) is 7.55. The van der Waals surface area contributed by atoms with Gasteiger partial charge in [0.1, 0.15) is 11.9 Å². The van der Waals surface area contributed by atoms with Gasteiger partial charge in [0.25, 0.3) is 5.91 Å². The van der Waals surface area contributed by atoms with Gasteiger partial charge < -0.3 is 20.3 Å². The highest BCUT2D eigenvalue weighted by Gasteiger charge is 2.37. The van der Waals surface area contributed by atoms with E-state index in [9.17, 15) is 14.0 Å². The lowest BCUT2D eigenvalue weighted by atomic mass is 10.0. The summed E-state index contributed by atoms with van der Waals surface area (Å²) in [5.41, 5.74) is 3.76. The fourth-order valence-corrected chi connectivity index (χ4v) is 5.21. The lowest BCUT2D eigenvalue weighted by Crippen LogP contribution is -2.52. The third kappa shape index (κ3) is 7.31. The van der Waals surface area contributed by atoms with Crippen LogP contribution in [0.15, 0.2) is 78.9 Å². The standard InChI is InChI=1S/C32H36FN3O3/c33-27-15-13-25(14-16-27)28-21-29(28)34-17-20-39-22-30(32(38)36-18-5-2-6-19-36)35-31(37)26-11-9-24(10-12-26)23-7-3-1-4-8-23/h1,3-4,7-16,28-30,34H,2,5-6,17-22H2,(H,35,37)/t28-,29?,30-/m0/s1. The molecule has 39 heavy (non-hydrogen) atoms. The number of hydrogen-bond acceptors (Lipinski definition) is 4. The average Bonchev–Trinajstić information content (AvgIpc) is 3.77. The molecule has 204 valence electrons. The molecule has 0 spiro atoms. The van der Waals surface area contributed by atoms with E-state index in [4.69, 9.17) is 4.74 Å². The van der Waals surface area contributed by atoms with Gasteiger partial charge in [-0.15, -0.1) is 0 Å². The van der Waals surface area contributed by atoms with Crippen LogP contribution in [-0.4, -0.2) is 61.6 Å². The molecule has 0 aromatic heterocycles. The first kappa shape index (κ1) is 27.0. The van der Waals surface area contributed by atoms with Gasteiger partial charge in [0, 0.05) is 37.2 Å². The zero-order valence-corrected chi connectivity index (χ0v) is 22.2. The largest absolute Gasteiger partial charge is 0.377 e. The first-order valence-corrected chi connectivity index (χ1v) is 13.9. The Morgan fingerprint density at radius 1 is 0.897 bits per heavy atom. The van der Waals surface area contributed by atoms with Crippen LogP contribution >= 0.6 is 0 Å². The van der Waals surface area contributed by atoms with Gasteiger partial charge in [-0.05, 0) is 66.6 Å². The summed E-state index contributed by atoms with van der Waals surface area (Å²) in [6.07, 6.45) is 4.10. The van der Waals surface area contributed by atoms with E-state index >= 15 is 0 Å². The molecule has 2 aliphatic rings. The number of hydrogen-bond donors (Lipinski definition) is 2. The molecular weight excluding hydrogens is 493 g/mol. The van der Waals surface area contributed by atoms with Crippen LogP contribution in [0.5, 0.6) is 0 Å². The molecule has 2 amide bonds. The molecular formula is C32H36FN3O3. The van der Waals surface area contributed by atoms with E-state index in [1.54, 1.807) is 12.1 Å². The molecule has 6 nitrogen and oxygen atoms in total. The molecule has 0 radical (unpaired) electrons. The number of ether oxygens (including phenoxy) is 1. The molecule has 3 aromatic rings. The molecule has 1 saturated heterocycles. The minimum Gasteiger partial charge on any atom is -0.377 e. The average molecular weight is 530 g/mol. The van der Waals surface area contributed by atoms with Crippen LogP contribution in [0.2, 0.25) is 0 Å². The molecule has 1 saturated carbocycles. The summed E-state index contributed by atoms with van der Waals surface area (Å²) in [5.74, 6) is -0.198. The molecule has 2 fully saturated rings. The van der Waals surface area contributed by atoms with Crippen molar-refractivity contribution in [2.75, 3.05) is 32.8 Å². The van der Waals surface area contributed by atoms with Crippen molar-refractivity contribution in [1.82, 2.24) is 15.5 Å². The summed E-state index contributed by atoms with van der Waals surface area (Å²) >= 11 is 0. The van der Waals surface area contributed by atoms with Crippen LogP contribution in [0.3, 0.4) is 0 Å². The number of piperidine rings is 1. The van der Waals surface area contributed by atoms with Crippen molar-refractivity contribution in [3.63, 3.8) is 0 Å². The van der Waals surface area contributed by atoms with Crippen molar-refractivity contribution in [2.45, 2.75) is 43.7 Å². The monoisotopic (exact) mass is 529 g/mol. The Morgan fingerprint density at radius 2 is 1.59 bits per heavy atom. The van der Waals surface area contributed by atoms with Crippen molar-refractivity contribution >= 4 is 11.8 Å². The molecule has 7 heteroatoms. The summed E-state index contributed by atoms with van der Waals surface area (Å²) in [5, 5.41) is 6.40. The number of rotatable bonds is 11. The smallest absolute Gasteiger partial charge is 0.251 e. The fraction of sp³-hybridized carbons (Fsp3) is 0.375. The van der Waals surface area contributed by atoms with Gasteiger partial charge in [-0.3, -0.25) is 9.59 Å². The second kappa shape index (κ2) is 13.0. The first-order chi connectivity index (χ1) is 19.1. The normalized spacial score (nSPS) is 19.4. The maximum absolute atomic E-state index is 13.3. The Bertz CT molecular complexity index is 1230. The molecule has 3 atom stereocenters. The Labute approximate surface area is 229 Å². The maximum Gasteiger partial charge on any atom is 0.251 e. The number of halogens is 1. The Morgan fingerprint density at radius 3 is 2.31 bits per heavy atom. The zero-order valence-electron chi connectivity index (χ0n) is 22.2. The number of likely N-dealkylation sites (tertiary alicyclic amines) is 1. The van der Waals surface area contributed by atoms with E-state index in [2.05, 4.69) is 10.6 Å². The summed E-state index contributed by atoms with van der Waals surface area (Å²) in [6, 6.07) is 23.7. The van der Waals surface area contributed by atoms with E-state index in [0.717, 1.165) is 42.4 Å². The third-order valence-corrected chi connectivity index (χ3v) is 7.55. The van der Waals surface area contributed by atoms with E-state index in [-0.39, 0.29) is 24.2 Å². The van der Waals surface area contributed by atoms with Gasteiger partial charge in [-0.2, -0.15) is 0 Å². The van der Waals surface area contributed by atoms with Crippen LogP contribution < -0.4 is 10.6 Å². The quantitative estimate of drug-likeness (QED) is 0.351. The Balaban J connectivity index is 1.13. The van der Waals surface area contributed by atoms with Gasteiger partial charge in [0.05, 0.1) is 13.2 Å². The maximum atomic E-state index is 13.3. The van der Waals surface area contributed by atoms with Gasteiger partial charge in [0.15, 0.2) is 0 Å². The Hall–Kier alpha value is -3.55. The van der Waals surface area contributed by atoms with Crippen LogP contribution in [0.4, 0.5) is 4.39 Å². The second-order valence-electron chi connectivity index (χ2n) is 10.4. The van der Waals surface area contributed by atoms with Crippen LogP contribution in [0.1, 0.15) is 47.5 Å². The Kier molecular flexibility index (Phi) is 9.01. The summed E-state index contributed by atoms with van der Waals surface area (Å²) in [7, 11) is 0. The fourth-order valence-electron chi connectivity index (χ4n) is 5.21. The van der Waals surface area contributed by atoms with Crippen molar-refractivity contribution in [2.24, 2.45) is 0 Å². The molecule has 0 bridgehead atoms. The van der Waals surface area contributed by atoms with E-state index < -0.39 is 6.04 Å². The van der Waals surface area contributed by atoms with Crippen LogP contribution in [0, 0.1) is 5.82 Å². The number of nitrogens with zero attached hydrogens (tertiary/aromatic N) is 1. The van der Waals surface area contributed by atoms with Crippen molar-refractivity contribution in [3.8, 4) is 11.1 Å². The molecule has 1 unspecified atom stereocenters. The number of benzene rings is 3. The highest BCUT2D eigenvalue weighted by Crippen LogP contribution is 2.40. The lowest BCUT2D eigenvalue weighted by molar-refractivity contribution is -0.135. The van der Waals surface area contributed by atoms with Gasteiger partial charge in [-0.25, -0.2) is 4.39 Å². The van der Waals surface area contributed by atoms with Crippen molar-refractivity contribution in [1.29, 1.82) is 0 Å². The number of nitrogens with one attached hydrogen (secondary N) is 2. The van der Waals surface area contributed by atoms with E-state index in [1.165, 1.54) is 12.1 Å². The lowest BCUT2D eigenvalue weighted by Gasteiger charge is -2.30. The molecule has 3 aromatic carbocycles. The molecule has 1 heterocycles.